The monoisotopic (exact) mass is 368 g/mol. The maximum Gasteiger partial charge on any atom is 0.261 e. The van der Waals surface area contributed by atoms with Gasteiger partial charge in [-0.2, -0.15) is 0 Å². The predicted molar refractivity (Wildman–Crippen MR) is 112 cm³/mol. The number of aryl methyl sites for hydroxylation is 4. The summed E-state index contributed by atoms with van der Waals surface area (Å²) in [5, 5.41) is 3.16. The third kappa shape index (κ3) is 5.09. The molecule has 1 heterocycles. The number of benzene rings is 1. The Morgan fingerprint density at radius 2 is 1.74 bits per heavy atom. The van der Waals surface area contributed by atoms with Crippen LogP contribution in [0.3, 0.4) is 0 Å². The molecule has 1 amide bonds. The van der Waals surface area contributed by atoms with E-state index in [0.717, 1.165) is 53.9 Å². The van der Waals surface area contributed by atoms with Crippen molar-refractivity contribution in [2.24, 2.45) is 0 Å². The molecule has 0 aliphatic heterocycles. The second-order valence-corrected chi connectivity index (χ2v) is 6.75. The molecule has 1 aromatic carbocycles. The van der Waals surface area contributed by atoms with Gasteiger partial charge in [0.05, 0.1) is 12.3 Å². The van der Waals surface area contributed by atoms with E-state index >= 15 is 0 Å². The number of aromatic nitrogens is 1. The van der Waals surface area contributed by atoms with Crippen molar-refractivity contribution in [1.29, 1.82) is 0 Å². The first-order chi connectivity index (χ1) is 13.0. The Morgan fingerprint density at radius 1 is 1.07 bits per heavy atom. The molecular formula is C23H32N2O2. The number of carbonyl (C=O) groups is 1. The minimum absolute atomic E-state index is 0.138. The van der Waals surface area contributed by atoms with Gasteiger partial charge < -0.3 is 10.1 Å². The molecule has 0 unspecified atom stereocenters. The van der Waals surface area contributed by atoms with E-state index in [1.807, 2.05) is 19.9 Å². The van der Waals surface area contributed by atoms with Crippen molar-refractivity contribution >= 4 is 11.6 Å². The Bertz CT molecular complexity index is 762. The molecule has 0 radical (unpaired) electrons. The fourth-order valence-corrected chi connectivity index (χ4v) is 3.22. The summed E-state index contributed by atoms with van der Waals surface area (Å²) in [5.74, 6) is 0.499. The molecule has 2 aromatic rings. The van der Waals surface area contributed by atoms with E-state index in [2.05, 4.69) is 49.3 Å². The summed E-state index contributed by atoms with van der Waals surface area (Å²) >= 11 is 0. The molecule has 0 spiro atoms. The van der Waals surface area contributed by atoms with Gasteiger partial charge in [-0.15, -0.1) is 0 Å². The number of carbonyl (C=O) groups excluding carboxylic acids is 1. The number of rotatable bonds is 9. The molecule has 4 nitrogen and oxygen atoms in total. The van der Waals surface area contributed by atoms with Crippen molar-refractivity contribution in [2.45, 2.75) is 66.7 Å². The molecular weight excluding hydrogens is 336 g/mol. The highest BCUT2D eigenvalue weighted by molar-refractivity contribution is 6.07. The maximum absolute atomic E-state index is 13.3. The van der Waals surface area contributed by atoms with Crippen molar-refractivity contribution in [1.82, 2.24) is 4.98 Å². The Hall–Kier alpha value is -2.36. The minimum atomic E-state index is -0.138. The number of anilines is 1. The third-order valence-corrected chi connectivity index (χ3v) is 4.74. The van der Waals surface area contributed by atoms with Crippen LogP contribution in [-0.4, -0.2) is 17.5 Å². The van der Waals surface area contributed by atoms with E-state index in [1.165, 1.54) is 0 Å². The summed E-state index contributed by atoms with van der Waals surface area (Å²) in [6.07, 6.45) is 4.44. The molecule has 0 saturated heterocycles. The predicted octanol–water partition coefficient (Wildman–Crippen LogP) is 5.51. The fourth-order valence-electron chi connectivity index (χ4n) is 3.22. The number of pyridine rings is 1. The highest BCUT2D eigenvalue weighted by Gasteiger charge is 2.21. The summed E-state index contributed by atoms with van der Waals surface area (Å²) in [6, 6.07) is 8.07. The number of para-hydroxylation sites is 1. The van der Waals surface area contributed by atoms with Gasteiger partial charge >= 0.3 is 0 Å². The molecule has 0 atom stereocenters. The Balaban J connectivity index is 2.43. The van der Waals surface area contributed by atoms with Crippen LogP contribution in [0.1, 0.15) is 73.4 Å². The average molecular weight is 369 g/mol. The lowest BCUT2D eigenvalue weighted by Gasteiger charge is -2.18. The second kappa shape index (κ2) is 10.1. The van der Waals surface area contributed by atoms with Crippen molar-refractivity contribution in [3.8, 4) is 5.75 Å². The first-order valence-corrected chi connectivity index (χ1v) is 10.1. The smallest absolute Gasteiger partial charge is 0.261 e. The van der Waals surface area contributed by atoms with E-state index in [0.29, 0.717) is 24.3 Å². The van der Waals surface area contributed by atoms with Crippen LogP contribution in [0.15, 0.2) is 24.3 Å². The normalized spacial score (nSPS) is 10.7. The van der Waals surface area contributed by atoms with Crippen molar-refractivity contribution in [3.63, 3.8) is 0 Å². The molecule has 0 aliphatic rings. The van der Waals surface area contributed by atoms with Crippen LogP contribution in [0.5, 0.6) is 5.75 Å². The van der Waals surface area contributed by atoms with Gasteiger partial charge in [-0.05, 0) is 43.7 Å². The lowest BCUT2D eigenvalue weighted by Crippen LogP contribution is -2.19. The fraction of sp³-hybridized carbons (Fsp3) is 0.478. The quantitative estimate of drug-likeness (QED) is 0.594. The van der Waals surface area contributed by atoms with E-state index in [9.17, 15) is 4.79 Å². The average Bonchev–Trinajstić information content (AvgIpc) is 2.67. The largest absolute Gasteiger partial charge is 0.493 e. The zero-order valence-electron chi connectivity index (χ0n) is 17.3. The molecule has 0 aliphatic carbocycles. The van der Waals surface area contributed by atoms with Crippen LogP contribution in [0.2, 0.25) is 0 Å². The molecule has 1 aromatic heterocycles. The molecule has 0 bridgehead atoms. The summed E-state index contributed by atoms with van der Waals surface area (Å²) < 4.78 is 5.97. The first kappa shape index (κ1) is 20.9. The number of amides is 1. The van der Waals surface area contributed by atoms with E-state index in [-0.39, 0.29) is 5.91 Å². The van der Waals surface area contributed by atoms with Gasteiger partial charge in [0, 0.05) is 17.4 Å². The van der Waals surface area contributed by atoms with Gasteiger partial charge in [0.15, 0.2) is 0 Å². The van der Waals surface area contributed by atoms with Gasteiger partial charge in [0.2, 0.25) is 0 Å². The van der Waals surface area contributed by atoms with Gasteiger partial charge in [-0.1, -0.05) is 52.3 Å². The van der Waals surface area contributed by atoms with Crippen LogP contribution in [0.4, 0.5) is 5.69 Å². The summed E-state index contributed by atoms with van der Waals surface area (Å²) in [7, 11) is 0. The Labute approximate surface area is 163 Å². The third-order valence-electron chi connectivity index (χ3n) is 4.74. The molecule has 2 rings (SSSR count). The highest BCUT2D eigenvalue weighted by atomic mass is 16.5. The molecule has 146 valence electrons. The lowest BCUT2D eigenvalue weighted by atomic mass is 10.0. The zero-order valence-corrected chi connectivity index (χ0v) is 17.3. The Kier molecular flexibility index (Phi) is 7.83. The van der Waals surface area contributed by atoms with E-state index < -0.39 is 0 Å². The van der Waals surface area contributed by atoms with Gasteiger partial charge in [-0.3, -0.25) is 9.78 Å². The summed E-state index contributed by atoms with van der Waals surface area (Å²) in [4.78, 5) is 17.9. The zero-order chi connectivity index (χ0) is 19.8. The maximum atomic E-state index is 13.3. The van der Waals surface area contributed by atoms with E-state index in [4.69, 9.17) is 4.74 Å². The number of hydrogen-bond acceptors (Lipinski definition) is 3. The molecule has 1 N–H and O–H groups in total. The summed E-state index contributed by atoms with van der Waals surface area (Å²) in [6.45, 7) is 10.9. The van der Waals surface area contributed by atoms with Crippen molar-refractivity contribution in [3.05, 3.63) is 52.3 Å². The summed E-state index contributed by atoms with van der Waals surface area (Å²) in [5.41, 5.74) is 5.44. The number of ether oxygens (including phenoxy) is 1. The first-order valence-electron chi connectivity index (χ1n) is 10.1. The molecule has 27 heavy (non-hydrogen) atoms. The van der Waals surface area contributed by atoms with Crippen LogP contribution < -0.4 is 10.1 Å². The van der Waals surface area contributed by atoms with Gasteiger partial charge in [0.1, 0.15) is 11.3 Å². The second-order valence-electron chi connectivity index (χ2n) is 6.75. The number of nitrogens with one attached hydrogen (secondary N) is 1. The topological polar surface area (TPSA) is 51.2 Å². The van der Waals surface area contributed by atoms with Crippen molar-refractivity contribution in [2.75, 3.05) is 11.9 Å². The SMILES string of the molecule is CCCCOc1cc(C)nc(CC)c1C(=O)Nc1c(CC)cccc1CC. The number of hydrogen-bond donors (Lipinski definition) is 1. The number of nitrogens with zero attached hydrogens (tertiary/aromatic N) is 1. The lowest BCUT2D eigenvalue weighted by molar-refractivity contribution is 0.102. The van der Waals surface area contributed by atoms with Crippen LogP contribution in [0, 0.1) is 6.92 Å². The molecule has 0 saturated carbocycles. The Morgan fingerprint density at radius 3 is 2.30 bits per heavy atom. The minimum Gasteiger partial charge on any atom is -0.493 e. The van der Waals surface area contributed by atoms with Gasteiger partial charge in [0.25, 0.3) is 5.91 Å². The van der Waals surface area contributed by atoms with Crippen LogP contribution in [0.25, 0.3) is 0 Å². The highest BCUT2D eigenvalue weighted by Crippen LogP contribution is 2.28. The van der Waals surface area contributed by atoms with E-state index in [1.54, 1.807) is 0 Å². The van der Waals surface area contributed by atoms with Crippen LogP contribution in [-0.2, 0) is 19.3 Å². The standard InChI is InChI=1S/C23H32N2O2/c1-6-10-14-27-20-15-16(5)24-19(9-4)21(20)23(26)25-22-17(7-2)12-11-13-18(22)8-3/h11-13,15H,6-10,14H2,1-5H3,(H,25,26). The molecule has 4 heteroatoms. The van der Waals surface area contributed by atoms with Gasteiger partial charge in [-0.25, -0.2) is 0 Å². The number of unbranched alkanes of at least 4 members (excludes halogenated alkanes) is 1. The van der Waals surface area contributed by atoms with Crippen LogP contribution >= 0.6 is 0 Å². The molecule has 0 fully saturated rings. The van der Waals surface area contributed by atoms with Crippen molar-refractivity contribution < 1.29 is 9.53 Å².